The lowest BCUT2D eigenvalue weighted by Gasteiger charge is -2.21. The molecule has 1 rings (SSSR count). The Morgan fingerprint density at radius 2 is 2.04 bits per heavy atom. The Morgan fingerprint density at radius 3 is 2.54 bits per heavy atom. The third-order valence-electron chi connectivity index (χ3n) is 2.77. The van der Waals surface area contributed by atoms with Gasteiger partial charge < -0.3 is 15.2 Å². The number of carbonyl (C=O) groups excluding carboxylic acids is 2. The summed E-state index contributed by atoms with van der Waals surface area (Å²) >= 11 is 1.63. The monoisotopic (exact) mass is 461 g/mol. The van der Waals surface area contributed by atoms with Crippen molar-refractivity contribution >= 4 is 40.0 Å². The summed E-state index contributed by atoms with van der Waals surface area (Å²) < 4.78 is 55.4. The first-order valence-electron chi connectivity index (χ1n) is 6.45. The van der Waals surface area contributed by atoms with Gasteiger partial charge in [0.25, 0.3) is 0 Å². The van der Waals surface area contributed by atoms with E-state index < -0.39 is 29.7 Å². The average molecular weight is 461 g/mol. The van der Waals surface area contributed by atoms with Crippen LogP contribution in [0.25, 0.3) is 5.57 Å². The maximum Gasteiger partial charge on any atom is 0.471 e. The van der Waals surface area contributed by atoms with Gasteiger partial charge in [-0.1, -0.05) is 12.1 Å². The summed E-state index contributed by atoms with van der Waals surface area (Å²) in [6.45, 7) is 1.21. The van der Waals surface area contributed by atoms with E-state index in [-0.39, 0.29) is 27.8 Å². The number of halogens is 5. The average Bonchev–Trinajstić information content (AvgIpc) is 2.50. The van der Waals surface area contributed by atoms with E-state index in [0.717, 1.165) is 0 Å². The predicted molar refractivity (Wildman–Crippen MR) is 84.5 cm³/mol. The highest BCUT2D eigenvalue weighted by Gasteiger charge is 2.42. The molecule has 0 aliphatic heterocycles. The van der Waals surface area contributed by atoms with Crippen LogP contribution in [0.3, 0.4) is 0 Å². The molecule has 24 heavy (non-hydrogen) atoms. The van der Waals surface area contributed by atoms with Crippen LogP contribution in [-0.2, 0) is 14.3 Å². The van der Waals surface area contributed by atoms with Crippen molar-refractivity contribution in [3.8, 4) is 5.75 Å². The highest BCUT2D eigenvalue weighted by atomic mass is 127. The van der Waals surface area contributed by atoms with Crippen molar-refractivity contribution in [3.05, 3.63) is 33.7 Å². The Kier molecular flexibility index (Phi) is 6.99. The van der Waals surface area contributed by atoms with Gasteiger partial charge in [0.2, 0.25) is 0 Å². The van der Waals surface area contributed by atoms with Gasteiger partial charge in [-0.2, -0.15) is 13.2 Å². The quantitative estimate of drug-likeness (QED) is 0.402. The normalized spacial score (nSPS) is 13.3. The molecule has 0 radical (unpaired) electrons. The van der Waals surface area contributed by atoms with Gasteiger partial charge in [0, 0.05) is 5.57 Å². The van der Waals surface area contributed by atoms with Gasteiger partial charge in [0.15, 0.2) is 6.04 Å². The van der Waals surface area contributed by atoms with Crippen molar-refractivity contribution in [3.63, 3.8) is 0 Å². The fourth-order valence-electron chi connectivity index (χ4n) is 1.72. The zero-order valence-corrected chi connectivity index (χ0v) is 14.3. The lowest BCUT2D eigenvalue weighted by molar-refractivity contribution is -0.175. The Bertz CT molecular complexity index is 661. The van der Waals surface area contributed by atoms with Crippen LogP contribution in [0.1, 0.15) is 12.5 Å². The van der Waals surface area contributed by atoms with E-state index in [1.54, 1.807) is 22.6 Å². The Labute approximate surface area is 147 Å². The van der Waals surface area contributed by atoms with E-state index in [9.17, 15) is 32.3 Å². The van der Waals surface area contributed by atoms with E-state index in [1.165, 1.54) is 30.4 Å². The number of alkyl halides is 3. The van der Waals surface area contributed by atoms with E-state index in [1.807, 2.05) is 0 Å². The number of aromatic hydroxyl groups is 1. The molecule has 0 saturated carbocycles. The van der Waals surface area contributed by atoms with Gasteiger partial charge in [-0.25, -0.2) is 9.18 Å². The van der Waals surface area contributed by atoms with E-state index in [2.05, 4.69) is 4.74 Å². The van der Waals surface area contributed by atoms with Crippen LogP contribution >= 0.6 is 22.6 Å². The number of phenolic OH excluding ortho intramolecular Hbond substituents is 1. The van der Waals surface area contributed by atoms with Crippen LogP contribution in [0, 0.1) is 3.57 Å². The Hall–Kier alpha value is -1.85. The van der Waals surface area contributed by atoms with E-state index >= 15 is 0 Å². The fourth-order valence-corrected chi connectivity index (χ4v) is 2.39. The lowest BCUT2D eigenvalue weighted by atomic mass is 9.99. The second-order valence-electron chi connectivity index (χ2n) is 4.36. The molecule has 0 aliphatic carbocycles. The summed E-state index contributed by atoms with van der Waals surface area (Å²) in [5, 5.41) is 11.0. The van der Waals surface area contributed by atoms with Gasteiger partial charge in [-0.05, 0) is 41.1 Å². The first-order valence-corrected chi connectivity index (χ1v) is 7.53. The third kappa shape index (κ3) is 4.82. The third-order valence-corrected chi connectivity index (χ3v) is 3.91. The molecule has 1 unspecified atom stereocenters. The summed E-state index contributed by atoms with van der Waals surface area (Å²) in [5.74, 6) is -3.95. The van der Waals surface area contributed by atoms with Crippen LogP contribution < -0.4 is 5.32 Å². The molecule has 0 aromatic heterocycles. The van der Waals surface area contributed by atoms with Crippen molar-refractivity contribution in [1.82, 2.24) is 5.32 Å². The van der Waals surface area contributed by atoms with E-state index in [4.69, 9.17) is 0 Å². The standard InChI is InChI=1S/C14H12F4INO4/c1-2-24-12(22)11(20-13(23)14(16,17)18)8(6-15)7-4-3-5-9(21)10(7)19/h3-6,11,21H,2H2,1H3,(H,20,23)/b8-6+. The first kappa shape index (κ1) is 20.2. The number of phenols is 1. The SMILES string of the molecule is CCOC(=O)C(NC(=O)C(F)(F)F)/C(=C/F)c1cccc(O)c1I. The molecule has 1 atom stereocenters. The molecule has 5 nitrogen and oxygen atoms in total. The van der Waals surface area contributed by atoms with Crippen LogP contribution in [0.2, 0.25) is 0 Å². The second-order valence-corrected chi connectivity index (χ2v) is 5.44. The number of esters is 1. The van der Waals surface area contributed by atoms with Crippen molar-refractivity contribution in [1.29, 1.82) is 0 Å². The summed E-state index contributed by atoms with van der Waals surface area (Å²) in [4.78, 5) is 23.0. The molecule has 10 heteroatoms. The summed E-state index contributed by atoms with van der Waals surface area (Å²) in [5.41, 5.74) is -0.634. The van der Waals surface area contributed by atoms with Gasteiger partial charge in [0.1, 0.15) is 5.75 Å². The van der Waals surface area contributed by atoms with Crippen molar-refractivity contribution in [2.24, 2.45) is 0 Å². The predicted octanol–water partition coefficient (Wildman–Crippen LogP) is 2.92. The molecule has 0 fully saturated rings. The maximum absolute atomic E-state index is 13.4. The van der Waals surface area contributed by atoms with Gasteiger partial charge in [-0.3, -0.25) is 4.79 Å². The zero-order valence-electron chi connectivity index (χ0n) is 12.2. The number of carbonyl (C=O) groups is 2. The van der Waals surface area contributed by atoms with Crippen LogP contribution in [0.15, 0.2) is 24.5 Å². The summed E-state index contributed by atoms with van der Waals surface area (Å²) in [6, 6.07) is 1.83. The molecule has 1 amide bonds. The smallest absolute Gasteiger partial charge is 0.471 e. The minimum atomic E-state index is -5.27. The number of amides is 1. The molecule has 0 aliphatic rings. The minimum Gasteiger partial charge on any atom is -0.507 e. The largest absolute Gasteiger partial charge is 0.507 e. The molecule has 0 spiro atoms. The number of hydrogen-bond donors (Lipinski definition) is 2. The maximum atomic E-state index is 13.4. The molecule has 132 valence electrons. The number of benzene rings is 1. The molecular weight excluding hydrogens is 449 g/mol. The lowest BCUT2D eigenvalue weighted by Crippen LogP contribution is -2.48. The number of nitrogens with one attached hydrogen (secondary N) is 1. The molecule has 0 bridgehead atoms. The number of ether oxygens (including phenoxy) is 1. The topological polar surface area (TPSA) is 75.6 Å². The van der Waals surface area contributed by atoms with Crippen molar-refractivity contribution in [2.75, 3.05) is 6.61 Å². The number of hydrogen-bond acceptors (Lipinski definition) is 4. The summed E-state index contributed by atoms with van der Waals surface area (Å²) in [7, 11) is 0. The van der Waals surface area contributed by atoms with Crippen LogP contribution in [0.5, 0.6) is 5.75 Å². The molecule has 0 heterocycles. The molecule has 2 N–H and O–H groups in total. The van der Waals surface area contributed by atoms with Crippen LogP contribution in [0.4, 0.5) is 17.6 Å². The first-order chi connectivity index (χ1) is 11.1. The minimum absolute atomic E-state index is 0.0568. The number of rotatable bonds is 5. The summed E-state index contributed by atoms with van der Waals surface area (Å²) in [6.07, 6.45) is -5.38. The highest BCUT2D eigenvalue weighted by molar-refractivity contribution is 14.1. The van der Waals surface area contributed by atoms with Gasteiger partial charge in [-0.15, -0.1) is 0 Å². The molecule has 1 aromatic carbocycles. The fraction of sp³-hybridized carbons (Fsp3) is 0.286. The molecule has 0 saturated heterocycles. The van der Waals surface area contributed by atoms with Crippen molar-refractivity contribution < 1.29 is 37.0 Å². The molecular formula is C14H12F4INO4. The molecule has 1 aromatic rings. The Morgan fingerprint density at radius 1 is 1.42 bits per heavy atom. The van der Waals surface area contributed by atoms with Crippen molar-refractivity contribution in [2.45, 2.75) is 19.1 Å². The van der Waals surface area contributed by atoms with E-state index in [0.29, 0.717) is 0 Å². The Balaban J connectivity index is 3.32. The van der Waals surface area contributed by atoms with Gasteiger partial charge >= 0.3 is 18.1 Å². The second kappa shape index (κ2) is 8.31. The van der Waals surface area contributed by atoms with Gasteiger partial charge in [0.05, 0.1) is 16.5 Å². The highest BCUT2D eigenvalue weighted by Crippen LogP contribution is 2.31. The van der Waals surface area contributed by atoms with Crippen LogP contribution in [-0.4, -0.2) is 35.8 Å². The zero-order chi connectivity index (χ0) is 18.5.